The van der Waals surface area contributed by atoms with Gasteiger partial charge in [-0.05, 0) is 48.4 Å². The van der Waals surface area contributed by atoms with E-state index in [-0.39, 0.29) is 0 Å². The van der Waals surface area contributed by atoms with Crippen molar-refractivity contribution in [3.63, 3.8) is 0 Å². The third-order valence-electron chi connectivity index (χ3n) is 4.02. The fourth-order valence-electron chi connectivity index (χ4n) is 2.48. The second-order valence-corrected chi connectivity index (χ2v) is 6.11. The van der Waals surface area contributed by atoms with Crippen LogP contribution < -0.4 is 15.5 Å². The Morgan fingerprint density at radius 1 is 0.960 bits per heavy atom. The number of nitrogens with zero attached hydrogens (tertiary/aromatic N) is 3. The largest absolute Gasteiger partial charge is 0.378 e. The molecule has 1 heterocycles. The van der Waals surface area contributed by atoms with Crippen LogP contribution in [0.25, 0.3) is 0 Å². The van der Waals surface area contributed by atoms with Crippen molar-refractivity contribution in [1.29, 1.82) is 0 Å². The van der Waals surface area contributed by atoms with Gasteiger partial charge in [0.05, 0.1) is 0 Å². The van der Waals surface area contributed by atoms with E-state index in [0.717, 1.165) is 23.7 Å². The lowest BCUT2D eigenvalue weighted by Gasteiger charge is -2.13. The molecule has 25 heavy (non-hydrogen) atoms. The second kappa shape index (κ2) is 7.66. The van der Waals surface area contributed by atoms with E-state index in [1.54, 1.807) is 6.20 Å². The maximum Gasteiger partial charge on any atom is 0.229 e. The standard InChI is InChI=1S/C20H23N5/c1-15-6-4-5-7-16(15)14-22-19-12-13-21-20(24-19)23-17-8-10-18(11-9-17)25(2)3/h4-13H,14H2,1-3H3,(H2,21,22,23,24). The van der Waals surface area contributed by atoms with Crippen LogP contribution in [0.5, 0.6) is 0 Å². The number of rotatable bonds is 6. The number of aryl methyl sites for hydroxylation is 1. The zero-order valence-corrected chi connectivity index (χ0v) is 14.8. The Morgan fingerprint density at radius 2 is 1.72 bits per heavy atom. The topological polar surface area (TPSA) is 53.1 Å². The molecule has 0 amide bonds. The van der Waals surface area contributed by atoms with E-state index >= 15 is 0 Å². The van der Waals surface area contributed by atoms with Crippen LogP contribution in [-0.4, -0.2) is 24.1 Å². The highest BCUT2D eigenvalue weighted by molar-refractivity contribution is 5.59. The minimum Gasteiger partial charge on any atom is -0.378 e. The van der Waals surface area contributed by atoms with Crippen LogP contribution in [0.3, 0.4) is 0 Å². The van der Waals surface area contributed by atoms with E-state index < -0.39 is 0 Å². The lowest BCUT2D eigenvalue weighted by Crippen LogP contribution is -2.08. The van der Waals surface area contributed by atoms with Gasteiger partial charge in [-0.2, -0.15) is 4.98 Å². The molecule has 0 saturated carbocycles. The lowest BCUT2D eigenvalue weighted by atomic mass is 10.1. The van der Waals surface area contributed by atoms with Gasteiger partial charge in [0.25, 0.3) is 0 Å². The van der Waals surface area contributed by atoms with E-state index in [1.165, 1.54) is 11.1 Å². The minimum absolute atomic E-state index is 0.576. The number of nitrogens with one attached hydrogen (secondary N) is 2. The van der Waals surface area contributed by atoms with Crippen molar-refractivity contribution in [1.82, 2.24) is 9.97 Å². The molecule has 0 aliphatic rings. The SMILES string of the molecule is Cc1ccccc1CNc1ccnc(Nc2ccc(N(C)C)cc2)n1. The van der Waals surface area contributed by atoms with Crippen LogP contribution in [-0.2, 0) is 6.54 Å². The van der Waals surface area contributed by atoms with Crippen LogP contribution in [0.1, 0.15) is 11.1 Å². The summed E-state index contributed by atoms with van der Waals surface area (Å²) in [6, 6.07) is 18.4. The number of benzene rings is 2. The molecule has 3 rings (SSSR count). The zero-order valence-electron chi connectivity index (χ0n) is 14.8. The summed E-state index contributed by atoms with van der Waals surface area (Å²) >= 11 is 0. The number of aromatic nitrogens is 2. The molecular formula is C20H23N5. The minimum atomic E-state index is 0.576. The lowest BCUT2D eigenvalue weighted by molar-refractivity contribution is 1.07. The van der Waals surface area contributed by atoms with E-state index in [0.29, 0.717) is 5.95 Å². The van der Waals surface area contributed by atoms with Gasteiger partial charge in [0.1, 0.15) is 5.82 Å². The van der Waals surface area contributed by atoms with Crippen molar-refractivity contribution >= 4 is 23.1 Å². The molecule has 3 aromatic rings. The molecule has 1 aromatic heterocycles. The second-order valence-electron chi connectivity index (χ2n) is 6.11. The molecule has 5 nitrogen and oxygen atoms in total. The van der Waals surface area contributed by atoms with Gasteiger partial charge in [0, 0.05) is 38.2 Å². The number of anilines is 4. The van der Waals surface area contributed by atoms with E-state index in [1.807, 2.05) is 44.4 Å². The predicted molar refractivity (Wildman–Crippen MR) is 105 cm³/mol. The Labute approximate surface area is 148 Å². The summed E-state index contributed by atoms with van der Waals surface area (Å²) in [5.41, 5.74) is 4.64. The third kappa shape index (κ3) is 4.47. The molecular weight excluding hydrogens is 310 g/mol. The van der Waals surface area contributed by atoms with Gasteiger partial charge < -0.3 is 15.5 Å². The molecule has 0 fully saturated rings. The molecule has 0 spiro atoms. The molecule has 2 aromatic carbocycles. The molecule has 0 radical (unpaired) electrons. The van der Waals surface area contributed by atoms with Gasteiger partial charge >= 0.3 is 0 Å². The molecule has 2 N–H and O–H groups in total. The monoisotopic (exact) mass is 333 g/mol. The first-order valence-electron chi connectivity index (χ1n) is 8.27. The first-order chi connectivity index (χ1) is 12.1. The van der Waals surface area contributed by atoms with Crippen molar-refractivity contribution in [3.8, 4) is 0 Å². The van der Waals surface area contributed by atoms with Crippen LogP contribution in [0.15, 0.2) is 60.8 Å². The van der Waals surface area contributed by atoms with Crippen LogP contribution in [0.2, 0.25) is 0 Å². The summed E-state index contributed by atoms with van der Waals surface area (Å²) in [4.78, 5) is 10.9. The Hall–Kier alpha value is -3.08. The van der Waals surface area contributed by atoms with Crippen molar-refractivity contribution < 1.29 is 0 Å². The number of hydrogen-bond donors (Lipinski definition) is 2. The summed E-state index contributed by atoms with van der Waals surface area (Å²) in [7, 11) is 4.05. The summed E-state index contributed by atoms with van der Waals surface area (Å²) < 4.78 is 0. The fraction of sp³-hybridized carbons (Fsp3) is 0.200. The zero-order chi connectivity index (χ0) is 17.6. The fourth-order valence-corrected chi connectivity index (χ4v) is 2.48. The average Bonchev–Trinajstić information content (AvgIpc) is 2.62. The molecule has 0 aliphatic heterocycles. The first kappa shape index (κ1) is 16.8. The molecule has 0 bridgehead atoms. The van der Waals surface area contributed by atoms with Gasteiger partial charge in [0.2, 0.25) is 5.95 Å². The van der Waals surface area contributed by atoms with Crippen molar-refractivity contribution in [2.45, 2.75) is 13.5 Å². The molecule has 0 atom stereocenters. The maximum atomic E-state index is 4.53. The van der Waals surface area contributed by atoms with Crippen LogP contribution in [0, 0.1) is 6.92 Å². The highest BCUT2D eigenvalue weighted by atomic mass is 15.1. The Kier molecular flexibility index (Phi) is 5.14. The summed E-state index contributed by atoms with van der Waals surface area (Å²) in [6.45, 7) is 2.85. The molecule has 5 heteroatoms. The summed E-state index contributed by atoms with van der Waals surface area (Å²) in [5, 5.41) is 6.59. The van der Waals surface area contributed by atoms with Gasteiger partial charge in [0.15, 0.2) is 0 Å². The predicted octanol–water partition coefficient (Wildman–Crippen LogP) is 4.21. The average molecular weight is 333 g/mol. The first-order valence-corrected chi connectivity index (χ1v) is 8.27. The third-order valence-corrected chi connectivity index (χ3v) is 4.02. The summed E-state index contributed by atoms with van der Waals surface area (Å²) in [6.07, 6.45) is 1.75. The van der Waals surface area contributed by atoms with E-state index in [4.69, 9.17) is 0 Å². The van der Waals surface area contributed by atoms with Crippen LogP contribution >= 0.6 is 0 Å². The van der Waals surface area contributed by atoms with Gasteiger partial charge in [-0.25, -0.2) is 4.98 Å². The Balaban J connectivity index is 1.66. The van der Waals surface area contributed by atoms with Gasteiger partial charge in [-0.3, -0.25) is 0 Å². The molecule has 128 valence electrons. The van der Waals surface area contributed by atoms with E-state index in [9.17, 15) is 0 Å². The quantitative estimate of drug-likeness (QED) is 0.708. The number of hydrogen-bond acceptors (Lipinski definition) is 5. The van der Waals surface area contributed by atoms with E-state index in [2.05, 4.69) is 56.7 Å². The Morgan fingerprint density at radius 3 is 2.44 bits per heavy atom. The molecule has 0 aliphatic carbocycles. The smallest absolute Gasteiger partial charge is 0.229 e. The maximum absolute atomic E-state index is 4.53. The normalized spacial score (nSPS) is 10.4. The van der Waals surface area contributed by atoms with Crippen molar-refractivity contribution in [2.24, 2.45) is 0 Å². The van der Waals surface area contributed by atoms with Gasteiger partial charge in [-0.15, -0.1) is 0 Å². The van der Waals surface area contributed by atoms with Gasteiger partial charge in [-0.1, -0.05) is 24.3 Å². The Bertz CT molecular complexity index is 827. The van der Waals surface area contributed by atoms with Crippen molar-refractivity contribution in [2.75, 3.05) is 29.6 Å². The highest BCUT2D eigenvalue weighted by Gasteiger charge is 2.02. The molecule has 0 unspecified atom stereocenters. The highest BCUT2D eigenvalue weighted by Crippen LogP contribution is 2.19. The molecule has 0 saturated heterocycles. The summed E-state index contributed by atoms with van der Waals surface area (Å²) in [5.74, 6) is 1.37. The van der Waals surface area contributed by atoms with Crippen LogP contribution in [0.4, 0.5) is 23.1 Å². The van der Waals surface area contributed by atoms with Crippen molar-refractivity contribution in [3.05, 3.63) is 71.9 Å².